The van der Waals surface area contributed by atoms with Crippen molar-refractivity contribution in [3.05, 3.63) is 0 Å². The molecule has 0 bridgehead atoms. The highest BCUT2D eigenvalue weighted by molar-refractivity contribution is 5.76. The van der Waals surface area contributed by atoms with Crippen LogP contribution in [0.1, 0.15) is 290 Å². The zero-order valence-corrected chi connectivity index (χ0v) is 48.1. The van der Waals surface area contributed by atoms with Crippen LogP contribution >= 0.6 is 0 Å². The van der Waals surface area contributed by atoms with Crippen molar-refractivity contribution in [3.8, 4) is 0 Å². The van der Waals surface area contributed by atoms with Gasteiger partial charge in [-0.15, -0.1) is 0 Å². The number of aliphatic hydroxyl groups is 8. The molecule has 446 valence electrons. The molecule has 0 aromatic carbocycles. The van der Waals surface area contributed by atoms with Gasteiger partial charge in [-0.3, -0.25) is 4.79 Å². The first-order chi connectivity index (χ1) is 36.6. The van der Waals surface area contributed by atoms with E-state index in [1.165, 1.54) is 212 Å². The quantitative estimate of drug-likeness (QED) is 0.0259. The lowest BCUT2D eigenvalue weighted by Crippen LogP contribution is -2.65. The summed E-state index contributed by atoms with van der Waals surface area (Å²) in [4.78, 5) is 13.3. The third-order valence-corrected chi connectivity index (χ3v) is 16.1. The van der Waals surface area contributed by atoms with Crippen LogP contribution in [0, 0.1) is 0 Å². The summed E-state index contributed by atoms with van der Waals surface area (Å²) >= 11 is 0. The van der Waals surface area contributed by atoms with E-state index in [1.54, 1.807) is 0 Å². The summed E-state index contributed by atoms with van der Waals surface area (Å²) in [5, 5.41) is 87.1. The Balaban J connectivity index is 1.61. The third-order valence-electron chi connectivity index (χ3n) is 16.1. The van der Waals surface area contributed by atoms with Crippen molar-refractivity contribution in [2.45, 2.75) is 364 Å². The summed E-state index contributed by atoms with van der Waals surface area (Å²) in [6, 6.07) is -0.822. The predicted molar refractivity (Wildman–Crippen MR) is 300 cm³/mol. The Morgan fingerprint density at radius 2 is 0.760 bits per heavy atom. The minimum atomic E-state index is -1.78. The zero-order chi connectivity index (χ0) is 54.6. The summed E-state index contributed by atoms with van der Waals surface area (Å²) in [5.74, 6) is -0.201. The van der Waals surface area contributed by atoms with E-state index in [4.69, 9.17) is 18.9 Å². The molecule has 1 amide bonds. The summed E-state index contributed by atoms with van der Waals surface area (Å²) in [6.07, 6.45) is 37.1. The molecule has 2 fully saturated rings. The number of hydrogen-bond donors (Lipinski definition) is 9. The van der Waals surface area contributed by atoms with Gasteiger partial charge in [-0.1, -0.05) is 271 Å². The topological polar surface area (TPSA) is 228 Å². The molecule has 2 heterocycles. The number of unbranched alkanes of at least 4 members (excludes halogenated alkanes) is 39. The van der Waals surface area contributed by atoms with Gasteiger partial charge in [0.05, 0.1) is 32.0 Å². The molecule has 0 saturated carbocycles. The molecule has 14 nitrogen and oxygen atoms in total. The van der Waals surface area contributed by atoms with Gasteiger partial charge in [0.1, 0.15) is 48.8 Å². The number of ether oxygens (including phenoxy) is 4. The molecule has 14 heteroatoms. The fourth-order valence-electron chi connectivity index (χ4n) is 10.9. The molecule has 2 saturated heterocycles. The summed E-state index contributed by atoms with van der Waals surface area (Å²) < 4.78 is 22.8. The van der Waals surface area contributed by atoms with Gasteiger partial charge in [0.15, 0.2) is 12.6 Å². The maximum Gasteiger partial charge on any atom is 0.220 e. The van der Waals surface area contributed by atoms with E-state index in [0.29, 0.717) is 12.8 Å². The molecule has 2 aliphatic rings. The van der Waals surface area contributed by atoms with Crippen molar-refractivity contribution in [2.24, 2.45) is 0 Å². The maximum absolute atomic E-state index is 13.3. The molecule has 0 radical (unpaired) electrons. The van der Waals surface area contributed by atoms with E-state index in [-0.39, 0.29) is 12.5 Å². The lowest BCUT2D eigenvalue weighted by Gasteiger charge is -2.46. The standard InChI is InChI=1S/C61H119NO13/c1-3-5-7-9-11-13-15-16-17-18-19-20-21-22-23-24-25-26-27-28-29-30-31-32-33-35-37-39-41-43-45-53(66)62-49(50(65)44-42-40-38-36-34-14-12-10-8-6-4-2)48-72-60-58(71)56(69)59(52(47-64)74-60)75-61-57(70)55(68)54(67)51(46-63)73-61/h49-52,54-61,63-65,67-71H,3-48H2,1-2H3,(H,62,66). The lowest BCUT2D eigenvalue weighted by molar-refractivity contribution is -0.359. The van der Waals surface area contributed by atoms with Gasteiger partial charge in [-0.05, 0) is 12.8 Å². The molecule has 2 aliphatic heterocycles. The van der Waals surface area contributed by atoms with Crippen LogP contribution in [0.25, 0.3) is 0 Å². The average Bonchev–Trinajstić information content (AvgIpc) is 3.41. The van der Waals surface area contributed by atoms with Gasteiger partial charge in [0, 0.05) is 6.42 Å². The lowest BCUT2D eigenvalue weighted by atomic mass is 9.97. The second-order valence-electron chi connectivity index (χ2n) is 22.9. The number of carbonyl (C=O) groups is 1. The van der Waals surface area contributed by atoms with Crippen LogP contribution in [0.2, 0.25) is 0 Å². The number of amides is 1. The Labute approximate surface area is 457 Å². The number of hydrogen-bond acceptors (Lipinski definition) is 13. The van der Waals surface area contributed by atoms with E-state index >= 15 is 0 Å². The highest BCUT2D eigenvalue weighted by atomic mass is 16.7. The second-order valence-corrected chi connectivity index (χ2v) is 22.9. The average molecular weight is 1070 g/mol. The van der Waals surface area contributed by atoms with Gasteiger partial charge in [0.2, 0.25) is 5.91 Å². The summed E-state index contributed by atoms with van der Waals surface area (Å²) in [7, 11) is 0. The Morgan fingerprint density at radius 3 is 1.13 bits per heavy atom. The van der Waals surface area contributed by atoms with Gasteiger partial charge in [-0.25, -0.2) is 0 Å². The Morgan fingerprint density at radius 1 is 0.427 bits per heavy atom. The largest absolute Gasteiger partial charge is 0.394 e. The fourth-order valence-corrected chi connectivity index (χ4v) is 10.9. The first kappa shape index (κ1) is 70.1. The summed E-state index contributed by atoms with van der Waals surface area (Å²) in [6.45, 7) is 2.88. The Hall–Kier alpha value is -1.01. The molecule has 12 atom stereocenters. The fraction of sp³-hybridized carbons (Fsp3) is 0.984. The van der Waals surface area contributed by atoms with Crippen LogP contribution in [-0.2, 0) is 23.7 Å². The number of carbonyl (C=O) groups excluding carboxylic acids is 1. The molecular formula is C61H119NO13. The molecule has 2 rings (SSSR count). The molecular weight excluding hydrogens is 955 g/mol. The minimum absolute atomic E-state index is 0.201. The van der Waals surface area contributed by atoms with Crippen molar-refractivity contribution in [1.82, 2.24) is 5.32 Å². The zero-order valence-electron chi connectivity index (χ0n) is 48.1. The first-order valence-electron chi connectivity index (χ1n) is 31.8. The van der Waals surface area contributed by atoms with Crippen molar-refractivity contribution in [3.63, 3.8) is 0 Å². The maximum atomic E-state index is 13.3. The third kappa shape index (κ3) is 33.4. The number of aliphatic hydroxyl groups excluding tert-OH is 8. The number of nitrogens with one attached hydrogen (secondary N) is 1. The Bertz CT molecular complexity index is 1270. The van der Waals surface area contributed by atoms with E-state index < -0.39 is 86.8 Å². The van der Waals surface area contributed by atoms with Crippen molar-refractivity contribution in [2.75, 3.05) is 19.8 Å². The van der Waals surface area contributed by atoms with E-state index in [2.05, 4.69) is 19.2 Å². The Kier molecular flexibility index (Phi) is 44.6. The van der Waals surface area contributed by atoms with Crippen molar-refractivity contribution in [1.29, 1.82) is 0 Å². The van der Waals surface area contributed by atoms with Gasteiger partial charge >= 0.3 is 0 Å². The van der Waals surface area contributed by atoms with Crippen molar-refractivity contribution >= 4 is 5.91 Å². The summed E-state index contributed by atoms with van der Waals surface area (Å²) in [5.41, 5.74) is 0. The molecule has 75 heavy (non-hydrogen) atoms. The molecule has 0 aliphatic carbocycles. The van der Waals surface area contributed by atoms with Crippen LogP contribution in [0.5, 0.6) is 0 Å². The molecule has 9 N–H and O–H groups in total. The normalized spacial score (nSPS) is 24.9. The smallest absolute Gasteiger partial charge is 0.220 e. The SMILES string of the molecule is CCCCCCCCCCCCCCCCCCCCCCCCCCCCCCCCC(=O)NC(COC1OC(CO)C(OC2OC(CO)C(O)C(O)C2O)C(O)C1O)C(O)CCCCCCCCCCCCC. The van der Waals surface area contributed by atoms with Crippen molar-refractivity contribution < 1.29 is 64.6 Å². The highest BCUT2D eigenvalue weighted by Crippen LogP contribution is 2.30. The van der Waals surface area contributed by atoms with Crippen LogP contribution in [0.3, 0.4) is 0 Å². The molecule has 0 spiro atoms. The van der Waals surface area contributed by atoms with Crippen LogP contribution in [-0.4, -0.2) is 140 Å². The van der Waals surface area contributed by atoms with Gasteiger partial charge < -0.3 is 65.1 Å². The highest BCUT2D eigenvalue weighted by Gasteiger charge is 2.51. The second kappa shape index (κ2) is 47.8. The van der Waals surface area contributed by atoms with Gasteiger partial charge in [0.25, 0.3) is 0 Å². The predicted octanol–water partition coefficient (Wildman–Crippen LogP) is 11.3. The molecule has 0 aromatic heterocycles. The monoisotopic (exact) mass is 1070 g/mol. The van der Waals surface area contributed by atoms with Crippen LogP contribution in [0.15, 0.2) is 0 Å². The van der Waals surface area contributed by atoms with E-state index in [0.717, 1.165) is 51.4 Å². The van der Waals surface area contributed by atoms with Gasteiger partial charge in [-0.2, -0.15) is 0 Å². The molecule has 0 aromatic rings. The first-order valence-corrected chi connectivity index (χ1v) is 31.8. The number of rotatable bonds is 52. The van der Waals surface area contributed by atoms with Crippen LogP contribution in [0.4, 0.5) is 0 Å². The molecule has 12 unspecified atom stereocenters. The van der Waals surface area contributed by atoms with E-state index in [1.807, 2.05) is 0 Å². The van der Waals surface area contributed by atoms with E-state index in [9.17, 15) is 45.6 Å². The minimum Gasteiger partial charge on any atom is -0.394 e. The van der Waals surface area contributed by atoms with Crippen LogP contribution < -0.4 is 5.32 Å².